The van der Waals surface area contributed by atoms with Gasteiger partial charge in [-0.2, -0.15) is 5.10 Å². The van der Waals surface area contributed by atoms with Gasteiger partial charge in [0.2, 0.25) is 0 Å². The highest BCUT2D eigenvalue weighted by Gasteiger charge is 2.27. The minimum Gasteiger partial charge on any atom is -0.351 e. The summed E-state index contributed by atoms with van der Waals surface area (Å²) < 4.78 is 36.2. The van der Waals surface area contributed by atoms with Crippen molar-refractivity contribution in [3.63, 3.8) is 0 Å². The van der Waals surface area contributed by atoms with Crippen molar-refractivity contribution in [3.8, 4) is 11.3 Å². The Balaban J connectivity index is 1.49. The summed E-state index contributed by atoms with van der Waals surface area (Å²) in [6.45, 7) is 2.16. The number of sulfone groups is 1. The predicted octanol–water partition coefficient (Wildman–Crippen LogP) is 2.47. The molecule has 0 bridgehead atoms. The Hall–Kier alpha value is -2.22. The van der Waals surface area contributed by atoms with Gasteiger partial charge < -0.3 is 5.32 Å². The molecule has 1 unspecified atom stereocenters. The Labute approximate surface area is 152 Å². The lowest BCUT2D eigenvalue weighted by Gasteiger charge is -2.07. The topological polar surface area (TPSA) is 91.9 Å². The number of hydrogen-bond donors (Lipinski definition) is 2. The first kappa shape index (κ1) is 18.6. The Kier molecular flexibility index (Phi) is 5.41. The summed E-state index contributed by atoms with van der Waals surface area (Å²) in [6, 6.07) is 6.31. The number of carbonyl (C=O) groups excluding carboxylic acids is 1. The van der Waals surface area contributed by atoms with Crippen molar-refractivity contribution in [2.75, 3.05) is 18.1 Å². The van der Waals surface area contributed by atoms with Crippen molar-refractivity contribution in [3.05, 3.63) is 41.3 Å². The van der Waals surface area contributed by atoms with Gasteiger partial charge in [0.05, 0.1) is 17.2 Å². The molecule has 1 aliphatic heterocycles. The van der Waals surface area contributed by atoms with Crippen LogP contribution in [0.2, 0.25) is 0 Å². The lowest BCUT2D eigenvalue weighted by molar-refractivity contribution is 0.0947. The summed E-state index contributed by atoms with van der Waals surface area (Å²) in [5.74, 6) is 0.211. The summed E-state index contributed by atoms with van der Waals surface area (Å²) >= 11 is 0. The first-order chi connectivity index (χ1) is 12.3. The maximum atomic E-state index is 13.3. The van der Waals surface area contributed by atoms with Crippen LogP contribution in [0, 0.1) is 18.7 Å². The van der Waals surface area contributed by atoms with Crippen LogP contribution >= 0.6 is 0 Å². The Bertz CT molecular complexity index is 908. The molecule has 1 amide bonds. The van der Waals surface area contributed by atoms with Gasteiger partial charge >= 0.3 is 0 Å². The minimum absolute atomic E-state index is 0.206. The molecular formula is C18H22FN3O3S. The van der Waals surface area contributed by atoms with Crippen LogP contribution in [-0.2, 0) is 9.84 Å². The largest absolute Gasteiger partial charge is 0.351 e. The zero-order valence-electron chi connectivity index (χ0n) is 14.6. The molecule has 3 rings (SSSR count). The van der Waals surface area contributed by atoms with Gasteiger partial charge in [-0.25, -0.2) is 12.8 Å². The number of amides is 1. The minimum atomic E-state index is -2.85. The highest BCUT2D eigenvalue weighted by Crippen LogP contribution is 2.23. The van der Waals surface area contributed by atoms with Gasteiger partial charge in [-0.05, 0) is 61.9 Å². The van der Waals surface area contributed by atoms with Crippen molar-refractivity contribution in [2.45, 2.75) is 26.2 Å². The van der Waals surface area contributed by atoms with Gasteiger partial charge in [0.15, 0.2) is 9.84 Å². The molecule has 0 saturated carbocycles. The molecule has 26 heavy (non-hydrogen) atoms. The third-order valence-corrected chi connectivity index (χ3v) is 6.51. The Morgan fingerprint density at radius 3 is 2.88 bits per heavy atom. The van der Waals surface area contributed by atoms with Crippen LogP contribution in [0.25, 0.3) is 11.3 Å². The molecule has 0 aliphatic carbocycles. The van der Waals surface area contributed by atoms with Gasteiger partial charge in [0.25, 0.3) is 5.91 Å². The number of H-pyrrole nitrogens is 1. The van der Waals surface area contributed by atoms with Gasteiger partial charge in [-0.15, -0.1) is 0 Å². The van der Waals surface area contributed by atoms with E-state index in [-0.39, 0.29) is 29.1 Å². The number of rotatable bonds is 6. The van der Waals surface area contributed by atoms with Gasteiger partial charge in [-0.3, -0.25) is 9.89 Å². The van der Waals surface area contributed by atoms with E-state index in [0.717, 1.165) is 24.8 Å². The van der Waals surface area contributed by atoms with E-state index in [9.17, 15) is 17.6 Å². The lowest BCUT2D eigenvalue weighted by Crippen LogP contribution is -2.25. The monoisotopic (exact) mass is 379 g/mol. The number of carbonyl (C=O) groups is 1. The van der Waals surface area contributed by atoms with Crippen LogP contribution in [0.4, 0.5) is 4.39 Å². The second kappa shape index (κ2) is 7.57. The molecule has 1 saturated heterocycles. The summed E-state index contributed by atoms with van der Waals surface area (Å²) in [7, 11) is -2.85. The molecule has 6 nitrogen and oxygen atoms in total. The highest BCUT2D eigenvalue weighted by atomic mass is 32.2. The molecule has 8 heteroatoms. The standard InChI is InChI=1S/C18H22FN3O3S/c1-12-9-14(4-5-15(12)19)16-10-17(22-21-16)18(23)20-7-2-3-13-6-8-26(24,25)11-13/h4-5,9-10,13H,2-3,6-8,11H2,1H3,(H,20,23)(H,21,22). The lowest BCUT2D eigenvalue weighted by atomic mass is 10.0. The normalized spacial score (nSPS) is 18.8. The molecular weight excluding hydrogens is 357 g/mol. The number of aromatic nitrogens is 2. The fourth-order valence-corrected chi connectivity index (χ4v) is 5.09. The zero-order valence-corrected chi connectivity index (χ0v) is 15.4. The second-order valence-electron chi connectivity index (χ2n) is 6.80. The molecule has 1 fully saturated rings. The SMILES string of the molecule is Cc1cc(-c2cc(C(=O)NCCCC3CCS(=O)(=O)C3)[nH]n2)ccc1F. The van der Waals surface area contributed by atoms with Gasteiger partial charge in [-0.1, -0.05) is 0 Å². The number of hydrogen-bond acceptors (Lipinski definition) is 4. The van der Waals surface area contributed by atoms with Gasteiger partial charge in [0.1, 0.15) is 11.5 Å². The maximum absolute atomic E-state index is 13.3. The molecule has 2 N–H and O–H groups in total. The number of nitrogens with zero attached hydrogens (tertiary/aromatic N) is 1. The third-order valence-electron chi connectivity index (χ3n) is 4.68. The van der Waals surface area contributed by atoms with E-state index >= 15 is 0 Å². The summed E-state index contributed by atoms with van der Waals surface area (Å²) in [6.07, 6.45) is 2.25. The average Bonchev–Trinajstić information content (AvgIpc) is 3.21. The fraction of sp³-hybridized carbons (Fsp3) is 0.444. The number of halogens is 1. The van der Waals surface area contributed by atoms with E-state index in [4.69, 9.17) is 0 Å². The number of aromatic amines is 1. The van der Waals surface area contributed by atoms with Crippen LogP contribution in [0.15, 0.2) is 24.3 Å². The van der Waals surface area contributed by atoms with E-state index in [0.29, 0.717) is 23.5 Å². The van der Waals surface area contributed by atoms with Crippen LogP contribution in [-0.4, -0.2) is 42.6 Å². The van der Waals surface area contributed by atoms with E-state index in [1.54, 1.807) is 25.1 Å². The van der Waals surface area contributed by atoms with E-state index < -0.39 is 9.84 Å². The molecule has 0 radical (unpaired) electrons. The molecule has 0 spiro atoms. The van der Waals surface area contributed by atoms with Gasteiger partial charge in [0, 0.05) is 12.1 Å². The highest BCUT2D eigenvalue weighted by molar-refractivity contribution is 7.91. The van der Waals surface area contributed by atoms with E-state index in [2.05, 4.69) is 15.5 Å². The van der Waals surface area contributed by atoms with Crippen molar-refractivity contribution in [2.24, 2.45) is 5.92 Å². The average molecular weight is 379 g/mol. The maximum Gasteiger partial charge on any atom is 0.269 e. The predicted molar refractivity (Wildman–Crippen MR) is 97.0 cm³/mol. The summed E-state index contributed by atoms with van der Waals surface area (Å²) in [5.41, 5.74) is 2.17. The molecule has 2 aromatic rings. The smallest absolute Gasteiger partial charge is 0.269 e. The molecule has 1 aromatic heterocycles. The van der Waals surface area contributed by atoms with Crippen molar-refractivity contribution < 1.29 is 17.6 Å². The first-order valence-electron chi connectivity index (χ1n) is 8.64. The molecule has 2 heterocycles. The van der Waals surface area contributed by atoms with Crippen molar-refractivity contribution >= 4 is 15.7 Å². The summed E-state index contributed by atoms with van der Waals surface area (Å²) in [4.78, 5) is 12.2. The molecule has 140 valence electrons. The third kappa shape index (κ3) is 4.49. The number of nitrogens with one attached hydrogen (secondary N) is 2. The zero-order chi connectivity index (χ0) is 18.7. The number of benzene rings is 1. The van der Waals surface area contributed by atoms with Crippen LogP contribution in [0.3, 0.4) is 0 Å². The van der Waals surface area contributed by atoms with Crippen LogP contribution in [0.5, 0.6) is 0 Å². The first-order valence-corrected chi connectivity index (χ1v) is 10.5. The van der Waals surface area contributed by atoms with E-state index in [1.165, 1.54) is 6.07 Å². The summed E-state index contributed by atoms with van der Waals surface area (Å²) in [5, 5.41) is 9.62. The number of aryl methyl sites for hydroxylation is 1. The van der Waals surface area contributed by atoms with Crippen LogP contribution in [0.1, 0.15) is 35.3 Å². The quantitative estimate of drug-likeness (QED) is 0.754. The van der Waals surface area contributed by atoms with Crippen LogP contribution < -0.4 is 5.32 Å². The Morgan fingerprint density at radius 2 is 2.19 bits per heavy atom. The Morgan fingerprint density at radius 1 is 1.38 bits per heavy atom. The van der Waals surface area contributed by atoms with Crippen molar-refractivity contribution in [1.82, 2.24) is 15.5 Å². The molecule has 1 aromatic carbocycles. The molecule has 1 aliphatic rings. The van der Waals surface area contributed by atoms with E-state index in [1.807, 2.05) is 0 Å². The molecule has 1 atom stereocenters. The fourth-order valence-electron chi connectivity index (χ4n) is 3.18. The second-order valence-corrected chi connectivity index (χ2v) is 9.03. The van der Waals surface area contributed by atoms with Crippen molar-refractivity contribution in [1.29, 1.82) is 0 Å².